The molecule has 0 saturated heterocycles. The van der Waals surface area contributed by atoms with Gasteiger partial charge < -0.3 is 0 Å². The Bertz CT molecular complexity index is 386. The summed E-state index contributed by atoms with van der Waals surface area (Å²) >= 11 is 3.39. The van der Waals surface area contributed by atoms with Gasteiger partial charge in [-0.15, -0.1) is 0 Å². The van der Waals surface area contributed by atoms with Crippen molar-refractivity contribution < 1.29 is 13.7 Å². The van der Waals surface area contributed by atoms with Crippen LogP contribution in [-0.2, 0) is 0 Å². The third-order valence-electron chi connectivity index (χ3n) is 1.40. The molecule has 1 rings (SSSR count). The first kappa shape index (κ1) is 11.9. The molecule has 0 radical (unpaired) electrons. The zero-order chi connectivity index (χ0) is 10.9. The molecule has 0 aliphatic rings. The molecule has 1 aromatic heterocycles. The lowest BCUT2D eigenvalue weighted by Gasteiger charge is -2.03. The number of hydrogen-bond acceptors (Lipinski definition) is 3. The number of nitro groups is 1. The monoisotopic (exact) mass is 426 g/mol. The van der Waals surface area contributed by atoms with Crippen LogP contribution in [0.4, 0.5) is 14.5 Å². The molecule has 0 saturated carbocycles. The second-order valence-electron chi connectivity index (χ2n) is 2.22. The number of alkyl halides is 2. The molecule has 0 aliphatic carbocycles. The van der Waals surface area contributed by atoms with Crippen LogP contribution in [0.5, 0.6) is 0 Å². The molecule has 1 aromatic rings. The standard InChI is InChI=1S/C6H2F2I2N2O2/c7-5(8)2-1-11-6(10)3(9)4(2)12(13)14/h1,5H. The summed E-state index contributed by atoms with van der Waals surface area (Å²) in [5.41, 5.74) is -1.19. The minimum atomic E-state index is -2.88. The number of aromatic nitrogens is 1. The van der Waals surface area contributed by atoms with E-state index in [1.54, 1.807) is 45.2 Å². The van der Waals surface area contributed by atoms with Crippen LogP contribution < -0.4 is 0 Å². The lowest BCUT2D eigenvalue weighted by Crippen LogP contribution is -2.02. The minimum absolute atomic E-state index is 0.144. The summed E-state index contributed by atoms with van der Waals surface area (Å²) in [7, 11) is 0. The molecule has 4 nitrogen and oxygen atoms in total. The van der Waals surface area contributed by atoms with Crippen LogP contribution in [0.2, 0.25) is 0 Å². The van der Waals surface area contributed by atoms with Crippen LogP contribution in [0.1, 0.15) is 12.0 Å². The Labute approximate surface area is 105 Å². The van der Waals surface area contributed by atoms with E-state index in [0.717, 1.165) is 6.20 Å². The van der Waals surface area contributed by atoms with Gasteiger partial charge in [-0.3, -0.25) is 10.1 Å². The Hall–Kier alpha value is -0.130. The predicted octanol–water partition coefficient (Wildman–Crippen LogP) is 3.14. The van der Waals surface area contributed by atoms with Gasteiger partial charge in [-0.25, -0.2) is 13.8 Å². The quantitative estimate of drug-likeness (QED) is 0.316. The summed E-state index contributed by atoms with van der Waals surface area (Å²) in [6.45, 7) is 0. The maximum Gasteiger partial charge on any atom is 0.295 e. The maximum atomic E-state index is 12.3. The minimum Gasteiger partial charge on any atom is -0.258 e. The fraction of sp³-hybridized carbons (Fsp3) is 0.167. The van der Waals surface area contributed by atoms with Gasteiger partial charge in [-0.2, -0.15) is 0 Å². The van der Waals surface area contributed by atoms with E-state index in [9.17, 15) is 18.9 Å². The number of rotatable bonds is 2. The van der Waals surface area contributed by atoms with Gasteiger partial charge in [-0.05, 0) is 45.2 Å². The van der Waals surface area contributed by atoms with E-state index in [2.05, 4.69) is 4.98 Å². The van der Waals surface area contributed by atoms with E-state index in [1.165, 1.54) is 0 Å². The number of halogens is 4. The van der Waals surface area contributed by atoms with Crippen molar-refractivity contribution in [3.8, 4) is 0 Å². The largest absolute Gasteiger partial charge is 0.295 e. The summed E-state index contributed by atoms with van der Waals surface area (Å²) < 4.78 is 25.2. The normalized spacial score (nSPS) is 10.6. The van der Waals surface area contributed by atoms with Gasteiger partial charge in [0.2, 0.25) is 0 Å². The van der Waals surface area contributed by atoms with Gasteiger partial charge in [0.05, 0.1) is 4.92 Å². The Morgan fingerprint density at radius 1 is 1.50 bits per heavy atom. The van der Waals surface area contributed by atoms with Crippen molar-refractivity contribution in [1.29, 1.82) is 0 Å². The summed E-state index contributed by atoms with van der Waals surface area (Å²) in [5.74, 6) is 0. The highest BCUT2D eigenvalue weighted by atomic mass is 127. The van der Waals surface area contributed by atoms with Gasteiger partial charge in [0, 0.05) is 6.20 Å². The number of nitrogens with zero attached hydrogens (tertiary/aromatic N) is 2. The molecular weight excluding hydrogens is 424 g/mol. The van der Waals surface area contributed by atoms with Crippen molar-refractivity contribution in [1.82, 2.24) is 4.98 Å². The topological polar surface area (TPSA) is 56.0 Å². The molecule has 8 heteroatoms. The first-order valence-corrected chi connectivity index (χ1v) is 5.37. The molecule has 0 amide bonds. The number of pyridine rings is 1. The van der Waals surface area contributed by atoms with E-state index in [4.69, 9.17) is 0 Å². The maximum absolute atomic E-state index is 12.3. The molecule has 76 valence electrons. The second kappa shape index (κ2) is 4.59. The molecule has 0 fully saturated rings. The van der Waals surface area contributed by atoms with Crippen molar-refractivity contribution in [3.63, 3.8) is 0 Å². The first-order chi connectivity index (χ1) is 6.45. The average molecular weight is 426 g/mol. The molecule has 0 spiro atoms. The summed E-state index contributed by atoms with van der Waals surface area (Å²) in [6.07, 6.45) is -2.04. The molecule has 1 heterocycles. The molecule has 0 N–H and O–H groups in total. The highest BCUT2D eigenvalue weighted by Crippen LogP contribution is 2.33. The van der Waals surface area contributed by atoms with E-state index in [0.29, 0.717) is 3.70 Å². The van der Waals surface area contributed by atoms with Crippen LogP contribution in [0.25, 0.3) is 0 Å². The zero-order valence-corrected chi connectivity index (χ0v) is 10.7. The molecule has 0 bridgehead atoms. The van der Waals surface area contributed by atoms with E-state index >= 15 is 0 Å². The molecular formula is C6H2F2I2N2O2. The smallest absolute Gasteiger partial charge is 0.258 e. The van der Waals surface area contributed by atoms with Crippen molar-refractivity contribution in [2.24, 2.45) is 0 Å². The third-order valence-corrected chi connectivity index (χ3v) is 4.27. The summed E-state index contributed by atoms with van der Waals surface area (Å²) in [5, 5.41) is 10.5. The van der Waals surface area contributed by atoms with Crippen molar-refractivity contribution in [3.05, 3.63) is 29.1 Å². The van der Waals surface area contributed by atoms with Crippen molar-refractivity contribution >= 4 is 50.9 Å². The Kier molecular flexibility index (Phi) is 3.92. The predicted molar refractivity (Wildman–Crippen MR) is 61.3 cm³/mol. The van der Waals surface area contributed by atoms with Crippen LogP contribution in [-0.4, -0.2) is 9.91 Å². The summed E-state index contributed by atoms with van der Waals surface area (Å²) in [6, 6.07) is 0. The average Bonchev–Trinajstić information content (AvgIpc) is 2.08. The molecule has 14 heavy (non-hydrogen) atoms. The van der Waals surface area contributed by atoms with Crippen molar-refractivity contribution in [2.45, 2.75) is 6.43 Å². The highest BCUT2D eigenvalue weighted by molar-refractivity contribution is 14.1. The van der Waals surface area contributed by atoms with Gasteiger partial charge in [0.25, 0.3) is 12.1 Å². The van der Waals surface area contributed by atoms with Gasteiger partial charge in [0.15, 0.2) is 0 Å². The molecule has 0 atom stereocenters. The molecule has 0 unspecified atom stereocenters. The fourth-order valence-corrected chi connectivity index (χ4v) is 1.86. The van der Waals surface area contributed by atoms with Crippen LogP contribution in [0.15, 0.2) is 6.20 Å². The van der Waals surface area contributed by atoms with Crippen molar-refractivity contribution in [2.75, 3.05) is 0 Å². The molecule has 0 aliphatic heterocycles. The van der Waals surface area contributed by atoms with E-state index < -0.39 is 22.6 Å². The van der Waals surface area contributed by atoms with E-state index in [1.807, 2.05) is 0 Å². The molecule has 0 aromatic carbocycles. The Morgan fingerprint density at radius 3 is 2.50 bits per heavy atom. The number of hydrogen-bond donors (Lipinski definition) is 0. The third kappa shape index (κ3) is 2.27. The van der Waals surface area contributed by atoms with Crippen LogP contribution in [0, 0.1) is 17.4 Å². The fourth-order valence-electron chi connectivity index (χ4n) is 0.814. The second-order valence-corrected chi connectivity index (χ2v) is 4.33. The van der Waals surface area contributed by atoms with Gasteiger partial charge in [-0.1, -0.05) is 0 Å². The Morgan fingerprint density at radius 2 is 2.07 bits per heavy atom. The highest BCUT2D eigenvalue weighted by Gasteiger charge is 2.27. The SMILES string of the molecule is O=[N+]([O-])c1c(C(F)F)cnc(I)c1I. The van der Waals surface area contributed by atoms with E-state index in [-0.39, 0.29) is 3.57 Å². The lowest BCUT2D eigenvalue weighted by atomic mass is 10.2. The van der Waals surface area contributed by atoms with Crippen LogP contribution in [0.3, 0.4) is 0 Å². The first-order valence-electron chi connectivity index (χ1n) is 3.21. The summed E-state index contributed by atoms with van der Waals surface area (Å²) in [4.78, 5) is 13.4. The lowest BCUT2D eigenvalue weighted by molar-refractivity contribution is -0.387. The van der Waals surface area contributed by atoms with Gasteiger partial charge in [0.1, 0.15) is 12.8 Å². The van der Waals surface area contributed by atoms with Crippen LogP contribution >= 0.6 is 45.2 Å². The Balaban J connectivity index is 3.45. The van der Waals surface area contributed by atoms with Gasteiger partial charge >= 0.3 is 0 Å². The zero-order valence-electron chi connectivity index (χ0n) is 6.38.